The summed E-state index contributed by atoms with van der Waals surface area (Å²) in [6.07, 6.45) is 0.951. The molecule has 0 aromatic heterocycles. The summed E-state index contributed by atoms with van der Waals surface area (Å²) in [5.74, 6) is -0.406. The van der Waals surface area contributed by atoms with Gasteiger partial charge >= 0.3 is 0 Å². The molecule has 1 aromatic carbocycles. The van der Waals surface area contributed by atoms with Crippen molar-refractivity contribution in [3.05, 3.63) is 29.6 Å². The van der Waals surface area contributed by atoms with E-state index in [2.05, 4.69) is 10.6 Å². The minimum atomic E-state index is -0.489. The summed E-state index contributed by atoms with van der Waals surface area (Å²) < 4.78 is 13.0. The molecule has 0 radical (unpaired) electrons. The first-order valence-electron chi connectivity index (χ1n) is 5.85. The van der Waals surface area contributed by atoms with Crippen molar-refractivity contribution in [1.29, 1.82) is 5.26 Å². The maximum atomic E-state index is 13.0. The first kappa shape index (κ1) is 12.5. The van der Waals surface area contributed by atoms with E-state index in [1.165, 1.54) is 12.1 Å². The molecule has 0 aliphatic carbocycles. The molecule has 2 unspecified atom stereocenters. The molecule has 1 aliphatic heterocycles. The molecule has 0 bridgehead atoms. The number of amides is 1. The number of halogens is 1. The number of rotatable bonds is 2. The summed E-state index contributed by atoms with van der Waals surface area (Å²) in [7, 11) is 0. The summed E-state index contributed by atoms with van der Waals surface area (Å²) in [5.41, 5.74) is 0.485. The van der Waals surface area contributed by atoms with E-state index in [0.717, 1.165) is 19.0 Å². The summed E-state index contributed by atoms with van der Waals surface area (Å²) in [6, 6.07) is 5.36. The van der Waals surface area contributed by atoms with E-state index in [9.17, 15) is 9.18 Å². The molecule has 0 spiro atoms. The van der Waals surface area contributed by atoms with Gasteiger partial charge in [0, 0.05) is 0 Å². The number of anilines is 1. The Morgan fingerprint density at radius 1 is 1.61 bits per heavy atom. The average Bonchev–Trinajstić information content (AvgIpc) is 2.77. The van der Waals surface area contributed by atoms with Gasteiger partial charge in [0.2, 0.25) is 5.91 Å². The standard InChI is InChI=1S/C13H14FN3O/c1-8-4-5-16-12(8)13(18)17-11-3-2-10(14)6-9(11)7-15/h2-3,6,8,12,16H,4-5H2,1H3,(H,17,18). The van der Waals surface area contributed by atoms with E-state index in [1.54, 1.807) is 0 Å². The first-order valence-corrected chi connectivity index (χ1v) is 5.85. The van der Waals surface area contributed by atoms with Gasteiger partial charge in [0.1, 0.15) is 11.9 Å². The summed E-state index contributed by atoms with van der Waals surface area (Å²) in [4.78, 5) is 12.0. The fourth-order valence-corrected chi connectivity index (χ4v) is 2.11. The topological polar surface area (TPSA) is 64.9 Å². The minimum absolute atomic E-state index is 0.133. The molecular weight excluding hydrogens is 233 g/mol. The Labute approximate surface area is 105 Å². The summed E-state index contributed by atoms with van der Waals surface area (Å²) in [6.45, 7) is 2.81. The van der Waals surface area contributed by atoms with Crippen LogP contribution in [0.2, 0.25) is 0 Å². The SMILES string of the molecule is CC1CCNC1C(=O)Nc1ccc(F)cc1C#N. The van der Waals surface area contributed by atoms with Gasteiger partial charge in [0.25, 0.3) is 0 Å². The first-order chi connectivity index (χ1) is 8.61. The number of hydrogen-bond donors (Lipinski definition) is 2. The molecule has 1 aliphatic rings. The Kier molecular flexibility index (Phi) is 3.58. The third-order valence-corrected chi connectivity index (χ3v) is 3.18. The Morgan fingerprint density at radius 2 is 2.39 bits per heavy atom. The van der Waals surface area contributed by atoms with Crippen molar-refractivity contribution in [1.82, 2.24) is 5.32 Å². The van der Waals surface area contributed by atoms with E-state index >= 15 is 0 Å². The Bertz CT molecular complexity index is 509. The zero-order valence-corrected chi connectivity index (χ0v) is 10.0. The molecule has 1 heterocycles. The number of benzene rings is 1. The molecule has 94 valence electrons. The number of nitrogens with zero attached hydrogens (tertiary/aromatic N) is 1. The molecule has 0 saturated carbocycles. The van der Waals surface area contributed by atoms with Gasteiger partial charge in [-0.3, -0.25) is 4.79 Å². The lowest BCUT2D eigenvalue weighted by atomic mass is 10.0. The highest BCUT2D eigenvalue weighted by Crippen LogP contribution is 2.19. The van der Waals surface area contributed by atoms with Crippen LogP contribution in [0.4, 0.5) is 10.1 Å². The smallest absolute Gasteiger partial charge is 0.241 e. The Hall–Kier alpha value is -1.93. The zero-order valence-electron chi connectivity index (χ0n) is 10.0. The summed E-state index contributed by atoms with van der Waals surface area (Å²) >= 11 is 0. The van der Waals surface area contributed by atoms with Gasteiger partial charge in [-0.05, 0) is 37.1 Å². The molecular formula is C13H14FN3O. The van der Waals surface area contributed by atoms with E-state index in [0.29, 0.717) is 5.69 Å². The Morgan fingerprint density at radius 3 is 3.00 bits per heavy atom. The van der Waals surface area contributed by atoms with Crippen LogP contribution in [0.15, 0.2) is 18.2 Å². The third kappa shape index (κ3) is 2.49. The number of carbonyl (C=O) groups excluding carboxylic acids is 1. The monoisotopic (exact) mass is 247 g/mol. The molecule has 1 fully saturated rings. The quantitative estimate of drug-likeness (QED) is 0.834. The van der Waals surface area contributed by atoms with Crippen LogP contribution in [0.1, 0.15) is 18.9 Å². The molecule has 2 atom stereocenters. The number of carbonyl (C=O) groups is 1. The zero-order chi connectivity index (χ0) is 13.1. The predicted octanol–water partition coefficient (Wildman–Crippen LogP) is 1.63. The van der Waals surface area contributed by atoms with Crippen molar-refractivity contribution >= 4 is 11.6 Å². The predicted molar refractivity (Wildman–Crippen MR) is 65.3 cm³/mol. The second-order valence-corrected chi connectivity index (χ2v) is 4.49. The Balaban J connectivity index is 2.14. The molecule has 2 rings (SSSR count). The van der Waals surface area contributed by atoms with E-state index in [1.807, 2.05) is 13.0 Å². The van der Waals surface area contributed by atoms with E-state index in [-0.39, 0.29) is 23.4 Å². The average molecular weight is 247 g/mol. The maximum Gasteiger partial charge on any atom is 0.241 e. The summed E-state index contributed by atoms with van der Waals surface area (Å²) in [5, 5.41) is 14.7. The van der Waals surface area contributed by atoms with Crippen molar-refractivity contribution in [2.45, 2.75) is 19.4 Å². The second-order valence-electron chi connectivity index (χ2n) is 4.49. The number of hydrogen-bond acceptors (Lipinski definition) is 3. The van der Waals surface area contributed by atoms with E-state index in [4.69, 9.17) is 5.26 Å². The molecule has 2 N–H and O–H groups in total. The van der Waals surface area contributed by atoms with Crippen molar-refractivity contribution in [2.75, 3.05) is 11.9 Å². The van der Waals surface area contributed by atoms with Crippen molar-refractivity contribution < 1.29 is 9.18 Å². The van der Waals surface area contributed by atoms with Crippen LogP contribution in [-0.2, 0) is 4.79 Å². The molecule has 1 saturated heterocycles. The van der Waals surface area contributed by atoms with Crippen LogP contribution < -0.4 is 10.6 Å². The third-order valence-electron chi connectivity index (χ3n) is 3.18. The van der Waals surface area contributed by atoms with Gasteiger partial charge < -0.3 is 10.6 Å². The van der Waals surface area contributed by atoms with Crippen molar-refractivity contribution in [2.24, 2.45) is 5.92 Å². The van der Waals surface area contributed by atoms with Crippen LogP contribution >= 0.6 is 0 Å². The van der Waals surface area contributed by atoms with Crippen LogP contribution in [0, 0.1) is 23.1 Å². The molecule has 1 aromatic rings. The fraction of sp³-hybridized carbons (Fsp3) is 0.385. The van der Waals surface area contributed by atoms with Crippen LogP contribution in [-0.4, -0.2) is 18.5 Å². The van der Waals surface area contributed by atoms with Crippen LogP contribution in [0.25, 0.3) is 0 Å². The van der Waals surface area contributed by atoms with Crippen molar-refractivity contribution in [3.8, 4) is 6.07 Å². The minimum Gasteiger partial charge on any atom is -0.324 e. The lowest BCUT2D eigenvalue weighted by molar-refractivity contribution is -0.118. The van der Waals surface area contributed by atoms with E-state index < -0.39 is 5.82 Å². The lowest BCUT2D eigenvalue weighted by Gasteiger charge is -2.16. The highest BCUT2D eigenvalue weighted by Gasteiger charge is 2.29. The van der Waals surface area contributed by atoms with Crippen molar-refractivity contribution in [3.63, 3.8) is 0 Å². The van der Waals surface area contributed by atoms with Crippen LogP contribution in [0.5, 0.6) is 0 Å². The maximum absolute atomic E-state index is 13.0. The van der Waals surface area contributed by atoms with Gasteiger partial charge in [-0.15, -0.1) is 0 Å². The highest BCUT2D eigenvalue weighted by atomic mass is 19.1. The fourth-order valence-electron chi connectivity index (χ4n) is 2.11. The second kappa shape index (κ2) is 5.15. The van der Waals surface area contributed by atoms with Gasteiger partial charge in [0.15, 0.2) is 0 Å². The van der Waals surface area contributed by atoms with Gasteiger partial charge in [-0.25, -0.2) is 4.39 Å². The lowest BCUT2D eigenvalue weighted by Crippen LogP contribution is -2.39. The van der Waals surface area contributed by atoms with Gasteiger partial charge in [-0.2, -0.15) is 5.26 Å². The van der Waals surface area contributed by atoms with Gasteiger partial charge in [0.05, 0.1) is 17.3 Å². The molecule has 1 amide bonds. The normalized spacial score (nSPS) is 22.5. The molecule has 5 heteroatoms. The number of nitriles is 1. The van der Waals surface area contributed by atoms with Crippen LogP contribution in [0.3, 0.4) is 0 Å². The van der Waals surface area contributed by atoms with Gasteiger partial charge in [-0.1, -0.05) is 6.92 Å². The highest BCUT2D eigenvalue weighted by molar-refractivity contribution is 5.96. The molecule has 18 heavy (non-hydrogen) atoms. The number of nitrogens with one attached hydrogen (secondary N) is 2. The largest absolute Gasteiger partial charge is 0.324 e. The molecule has 4 nitrogen and oxygen atoms in total.